The van der Waals surface area contributed by atoms with E-state index in [9.17, 15) is 8.42 Å². The van der Waals surface area contributed by atoms with E-state index >= 15 is 0 Å². The number of halogens is 2. The van der Waals surface area contributed by atoms with E-state index in [1.165, 1.54) is 19.2 Å². The van der Waals surface area contributed by atoms with Crippen molar-refractivity contribution < 1.29 is 13.2 Å². The van der Waals surface area contributed by atoms with Crippen molar-refractivity contribution >= 4 is 38.9 Å². The van der Waals surface area contributed by atoms with Gasteiger partial charge in [-0.3, -0.25) is 4.72 Å². The monoisotopic (exact) mass is 359 g/mol. The van der Waals surface area contributed by atoms with Crippen LogP contribution in [-0.2, 0) is 10.0 Å². The van der Waals surface area contributed by atoms with Gasteiger partial charge in [-0.2, -0.15) is 0 Å². The van der Waals surface area contributed by atoms with Crippen LogP contribution in [-0.4, -0.2) is 15.5 Å². The van der Waals surface area contributed by atoms with E-state index in [-0.39, 0.29) is 4.90 Å². The van der Waals surface area contributed by atoms with Gasteiger partial charge in [0, 0.05) is 16.1 Å². The summed E-state index contributed by atoms with van der Waals surface area (Å²) in [4.78, 5) is 0.129. The van der Waals surface area contributed by atoms with Crippen LogP contribution < -0.4 is 9.46 Å². The van der Waals surface area contributed by atoms with Gasteiger partial charge in [0.25, 0.3) is 10.0 Å². The smallest absolute Gasteiger partial charge is 0.262 e. The highest BCUT2D eigenvalue weighted by Gasteiger charge is 2.18. The zero-order chi connectivity index (χ0) is 16.5. The lowest BCUT2D eigenvalue weighted by molar-refractivity contribution is 0.417. The van der Waals surface area contributed by atoms with Gasteiger partial charge in [-0.15, -0.1) is 0 Å². The molecule has 0 aromatic heterocycles. The summed E-state index contributed by atoms with van der Waals surface area (Å²) in [5, 5.41) is 1.01. The molecule has 0 saturated heterocycles. The van der Waals surface area contributed by atoms with Crippen LogP contribution in [0.3, 0.4) is 0 Å². The second-order valence-electron chi connectivity index (χ2n) is 4.82. The van der Waals surface area contributed by atoms with Crippen molar-refractivity contribution in [2.45, 2.75) is 18.7 Å². The molecule has 0 unspecified atom stereocenters. The van der Waals surface area contributed by atoms with Gasteiger partial charge < -0.3 is 4.74 Å². The molecule has 0 fully saturated rings. The molecule has 0 aliphatic heterocycles. The molecule has 1 N–H and O–H groups in total. The Morgan fingerprint density at radius 2 is 1.64 bits per heavy atom. The van der Waals surface area contributed by atoms with Gasteiger partial charge in [0.15, 0.2) is 0 Å². The predicted octanol–water partition coefficient (Wildman–Crippen LogP) is 4.42. The lowest BCUT2D eigenvalue weighted by atomic mass is 10.2. The van der Waals surface area contributed by atoms with Crippen LogP contribution in [0.25, 0.3) is 0 Å². The first-order valence-electron chi connectivity index (χ1n) is 6.37. The highest BCUT2D eigenvalue weighted by atomic mass is 35.5. The quantitative estimate of drug-likeness (QED) is 0.878. The fourth-order valence-electron chi connectivity index (χ4n) is 1.90. The first-order valence-corrected chi connectivity index (χ1v) is 8.61. The molecule has 2 aromatic rings. The minimum absolute atomic E-state index is 0.129. The van der Waals surface area contributed by atoms with Crippen molar-refractivity contribution in [3.63, 3.8) is 0 Å². The van der Waals surface area contributed by atoms with E-state index in [1.54, 1.807) is 32.0 Å². The topological polar surface area (TPSA) is 55.4 Å². The fraction of sp³-hybridized carbons (Fsp3) is 0.200. The molecule has 0 aliphatic carbocycles. The number of benzene rings is 2. The van der Waals surface area contributed by atoms with E-state index in [0.717, 1.165) is 5.56 Å². The van der Waals surface area contributed by atoms with Gasteiger partial charge >= 0.3 is 0 Å². The maximum atomic E-state index is 12.5. The number of anilines is 1. The molecule has 4 nitrogen and oxygen atoms in total. The molecule has 118 valence electrons. The van der Waals surface area contributed by atoms with Gasteiger partial charge in [-0.1, -0.05) is 23.2 Å². The zero-order valence-electron chi connectivity index (χ0n) is 12.3. The van der Waals surface area contributed by atoms with Gasteiger partial charge in [0.05, 0.1) is 17.7 Å². The molecule has 2 rings (SSSR count). The number of aryl methyl sites for hydroxylation is 2. The van der Waals surface area contributed by atoms with Gasteiger partial charge in [-0.25, -0.2) is 8.42 Å². The van der Waals surface area contributed by atoms with Crippen LogP contribution in [0.5, 0.6) is 5.75 Å². The minimum atomic E-state index is -3.75. The molecular weight excluding hydrogens is 345 g/mol. The third kappa shape index (κ3) is 3.48. The van der Waals surface area contributed by atoms with E-state index in [2.05, 4.69) is 4.72 Å². The first kappa shape index (κ1) is 16.9. The average Bonchev–Trinajstić information content (AvgIpc) is 2.45. The molecule has 22 heavy (non-hydrogen) atoms. The Labute approximate surface area is 140 Å². The molecule has 0 heterocycles. The van der Waals surface area contributed by atoms with Crippen molar-refractivity contribution in [1.29, 1.82) is 0 Å². The standard InChI is InChI=1S/C15H15Cl2NO3S/c1-9-6-11(4-5-12(9)16)22(19,20)18-14-7-10(2)13(17)8-15(14)21-3/h4-8,18H,1-3H3. The molecule has 0 spiro atoms. The fourth-order valence-corrected chi connectivity index (χ4v) is 3.32. The third-order valence-corrected chi connectivity index (χ3v) is 5.36. The summed E-state index contributed by atoms with van der Waals surface area (Å²) in [6.45, 7) is 3.53. The van der Waals surface area contributed by atoms with Crippen LogP contribution in [0.1, 0.15) is 11.1 Å². The van der Waals surface area contributed by atoms with Gasteiger partial charge in [0.2, 0.25) is 0 Å². The summed E-state index contributed by atoms with van der Waals surface area (Å²) in [7, 11) is -2.30. The molecule has 0 aliphatic rings. The first-order chi connectivity index (χ1) is 10.2. The van der Waals surface area contributed by atoms with E-state index in [0.29, 0.717) is 27.0 Å². The van der Waals surface area contributed by atoms with Crippen molar-refractivity contribution in [1.82, 2.24) is 0 Å². The number of methoxy groups -OCH3 is 1. The minimum Gasteiger partial charge on any atom is -0.495 e. The zero-order valence-corrected chi connectivity index (χ0v) is 14.6. The van der Waals surface area contributed by atoms with Gasteiger partial charge in [0.1, 0.15) is 5.75 Å². The summed E-state index contributed by atoms with van der Waals surface area (Å²) >= 11 is 11.9. The molecule has 0 amide bonds. The Morgan fingerprint density at radius 3 is 2.23 bits per heavy atom. The Hall–Kier alpha value is -1.43. The van der Waals surface area contributed by atoms with Crippen LogP contribution in [0.2, 0.25) is 10.0 Å². The molecule has 0 bridgehead atoms. The third-order valence-electron chi connectivity index (χ3n) is 3.16. The highest BCUT2D eigenvalue weighted by molar-refractivity contribution is 7.92. The van der Waals surface area contributed by atoms with E-state index in [4.69, 9.17) is 27.9 Å². The van der Waals surface area contributed by atoms with Gasteiger partial charge in [-0.05, 0) is 49.2 Å². The molecule has 7 heteroatoms. The molecule has 2 aromatic carbocycles. The van der Waals surface area contributed by atoms with Crippen LogP contribution >= 0.6 is 23.2 Å². The van der Waals surface area contributed by atoms with Crippen LogP contribution in [0, 0.1) is 13.8 Å². The summed E-state index contributed by atoms with van der Waals surface area (Å²) in [6.07, 6.45) is 0. The molecule has 0 saturated carbocycles. The molecule has 0 radical (unpaired) electrons. The second-order valence-corrected chi connectivity index (χ2v) is 7.31. The Bertz CT molecular complexity index is 820. The maximum absolute atomic E-state index is 12.5. The second kappa shape index (κ2) is 6.36. The van der Waals surface area contributed by atoms with E-state index in [1.807, 2.05) is 0 Å². The highest BCUT2D eigenvalue weighted by Crippen LogP contribution is 2.32. The molecular formula is C15H15Cl2NO3S. The van der Waals surface area contributed by atoms with Crippen molar-refractivity contribution in [2.24, 2.45) is 0 Å². The van der Waals surface area contributed by atoms with Crippen LogP contribution in [0.4, 0.5) is 5.69 Å². The Balaban J connectivity index is 2.44. The number of ether oxygens (including phenoxy) is 1. The Kier molecular flexibility index (Phi) is 4.90. The summed E-state index contributed by atoms with van der Waals surface area (Å²) in [6, 6.07) is 7.71. The Morgan fingerprint density at radius 1 is 1.00 bits per heavy atom. The lowest BCUT2D eigenvalue weighted by Gasteiger charge is -2.14. The van der Waals surface area contributed by atoms with E-state index < -0.39 is 10.0 Å². The number of nitrogens with one attached hydrogen (secondary N) is 1. The number of rotatable bonds is 4. The summed E-state index contributed by atoms with van der Waals surface area (Å²) < 4.78 is 32.7. The number of hydrogen-bond acceptors (Lipinski definition) is 3. The number of sulfonamides is 1. The SMILES string of the molecule is COc1cc(Cl)c(C)cc1NS(=O)(=O)c1ccc(Cl)c(C)c1. The normalized spacial score (nSPS) is 11.3. The summed E-state index contributed by atoms with van der Waals surface area (Å²) in [5.41, 5.74) is 1.76. The van der Waals surface area contributed by atoms with Crippen LogP contribution in [0.15, 0.2) is 35.2 Å². The molecule has 0 atom stereocenters. The maximum Gasteiger partial charge on any atom is 0.262 e. The van der Waals surface area contributed by atoms with Crippen molar-refractivity contribution in [3.05, 3.63) is 51.5 Å². The number of hydrogen-bond donors (Lipinski definition) is 1. The van der Waals surface area contributed by atoms with Crippen molar-refractivity contribution in [2.75, 3.05) is 11.8 Å². The summed E-state index contributed by atoms with van der Waals surface area (Å²) in [5.74, 6) is 0.352. The van der Waals surface area contributed by atoms with Crippen molar-refractivity contribution in [3.8, 4) is 5.75 Å². The predicted molar refractivity (Wildman–Crippen MR) is 89.7 cm³/mol. The largest absolute Gasteiger partial charge is 0.495 e. The lowest BCUT2D eigenvalue weighted by Crippen LogP contribution is -2.14. The average molecular weight is 360 g/mol.